The Morgan fingerprint density at radius 2 is 2.09 bits per heavy atom. The van der Waals surface area contributed by atoms with E-state index in [9.17, 15) is 19.2 Å². The number of rotatable bonds is 5. The zero-order valence-corrected chi connectivity index (χ0v) is 19.3. The third-order valence-corrected chi connectivity index (χ3v) is 6.27. The lowest BCUT2D eigenvalue weighted by Crippen LogP contribution is -2.42. The van der Waals surface area contributed by atoms with E-state index in [-0.39, 0.29) is 47.2 Å². The van der Waals surface area contributed by atoms with Gasteiger partial charge in [0, 0.05) is 13.1 Å². The van der Waals surface area contributed by atoms with Crippen LogP contribution in [-0.4, -0.2) is 56.1 Å². The minimum absolute atomic E-state index is 0.109. The molecule has 33 heavy (non-hydrogen) atoms. The standard InChI is InChI=1S/C22H27N5O5S/c1-3-16(18-10-9-13(2)32-18)23-20-21(26-33(31)25-20)24-17-8-4-7-15(19(17)29)22(30)27-11-5-6-14(28)12-27/h4,7-10,14,16,28-29H,3,5-6,11-12H2,1-2H3,(H,23,25)(H,24,26). The molecular formula is C22H27N5O5S. The maximum atomic E-state index is 12.9. The number of anilines is 1. The fourth-order valence-corrected chi connectivity index (χ4v) is 4.50. The number of furan rings is 1. The number of nitrogens with zero attached hydrogens (tertiary/aromatic N) is 3. The molecule has 0 radical (unpaired) electrons. The number of aryl methyl sites for hydroxylation is 1. The first-order chi connectivity index (χ1) is 15.9. The van der Waals surface area contributed by atoms with Crippen LogP contribution < -0.4 is 10.6 Å². The van der Waals surface area contributed by atoms with Crippen LogP contribution >= 0.6 is 0 Å². The number of aromatic hydroxyl groups is 1. The molecule has 3 atom stereocenters. The number of likely N-dealkylation sites (tertiary alicyclic amines) is 1. The molecule has 1 saturated heterocycles. The van der Waals surface area contributed by atoms with Gasteiger partial charge in [0.15, 0.2) is 17.4 Å². The van der Waals surface area contributed by atoms with E-state index in [1.807, 2.05) is 26.0 Å². The number of carbonyl (C=O) groups is 1. The second kappa shape index (κ2) is 9.75. The Labute approximate surface area is 194 Å². The van der Waals surface area contributed by atoms with Gasteiger partial charge in [0.1, 0.15) is 11.5 Å². The topological polar surface area (TPSA) is 140 Å². The van der Waals surface area contributed by atoms with Crippen molar-refractivity contribution in [2.75, 3.05) is 18.4 Å². The van der Waals surface area contributed by atoms with E-state index < -0.39 is 17.3 Å². The zero-order chi connectivity index (χ0) is 23.5. The highest BCUT2D eigenvalue weighted by Crippen LogP contribution is 2.30. The SMILES string of the molecule is CCC(NC1=NS(=O)N=C1Nc1cccc(C(=O)N2CCCC(O)C2)c1O)c1ccc(C)o1. The fraction of sp³-hybridized carbons (Fsp3) is 0.409. The number of β-amino-alcohol motifs (C(OH)–C–C–N with tert-alkyl or cyclic N) is 1. The maximum Gasteiger partial charge on any atom is 0.269 e. The van der Waals surface area contributed by atoms with Crippen LogP contribution in [0, 0.1) is 6.92 Å². The average molecular weight is 474 g/mol. The Bertz CT molecular complexity index is 1130. The molecule has 176 valence electrons. The number of aliphatic hydroxyl groups excluding tert-OH is 1. The van der Waals surface area contributed by atoms with Crippen molar-refractivity contribution in [2.45, 2.75) is 45.3 Å². The summed E-state index contributed by atoms with van der Waals surface area (Å²) in [7, 11) is 0. The van der Waals surface area contributed by atoms with Crippen LogP contribution in [-0.2, 0) is 11.2 Å². The number of amidine groups is 2. The summed E-state index contributed by atoms with van der Waals surface area (Å²) in [5.74, 6) is 1.33. The van der Waals surface area contributed by atoms with Crippen LogP contribution in [0.2, 0.25) is 0 Å². The number of benzene rings is 1. The Hall–Kier alpha value is -3.18. The van der Waals surface area contributed by atoms with E-state index >= 15 is 0 Å². The lowest BCUT2D eigenvalue weighted by molar-refractivity contribution is 0.0471. The van der Waals surface area contributed by atoms with Crippen molar-refractivity contribution in [3.8, 4) is 5.75 Å². The van der Waals surface area contributed by atoms with E-state index in [1.54, 1.807) is 12.1 Å². The normalized spacial score (nSPS) is 21.4. The average Bonchev–Trinajstić information content (AvgIpc) is 3.37. The quantitative estimate of drug-likeness (QED) is 0.489. The number of hydrogen-bond acceptors (Lipinski definition) is 7. The summed E-state index contributed by atoms with van der Waals surface area (Å²) in [6, 6.07) is 8.26. The van der Waals surface area contributed by atoms with Crippen molar-refractivity contribution in [1.29, 1.82) is 0 Å². The first-order valence-electron chi connectivity index (χ1n) is 10.8. The molecule has 1 fully saturated rings. The number of phenolic OH excluding ortho intramolecular Hbond substituents is 1. The molecule has 2 aliphatic heterocycles. The monoisotopic (exact) mass is 473 g/mol. The molecule has 11 heteroatoms. The van der Waals surface area contributed by atoms with E-state index in [0.717, 1.165) is 5.76 Å². The van der Waals surface area contributed by atoms with Gasteiger partial charge in [0.25, 0.3) is 17.1 Å². The molecule has 4 N–H and O–H groups in total. The molecule has 0 saturated carbocycles. The number of nitrogens with one attached hydrogen (secondary N) is 2. The van der Waals surface area contributed by atoms with Crippen molar-refractivity contribution >= 4 is 34.4 Å². The molecule has 1 aromatic carbocycles. The zero-order valence-electron chi connectivity index (χ0n) is 18.4. The molecule has 0 bridgehead atoms. The molecule has 0 spiro atoms. The minimum atomic E-state index is -1.82. The second-order valence-electron chi connectivity index (χ2n) is 8.04. The third-order valence-electron chi connectivity index (χ3n) is 5.59. The van der Waals surface area contributed by atoms with Crippen LogP contribution in [0.5, 0.6) is 5.75 Å². The van der Waals surface area contributed by atoms with Crippen molar-refractivity contribution in [3.63, 3.8) is 0 Å². The Kier molecular flexibility index (Phi) is 6.80. The Morgan fingerprint density at radius 3 is 2.79 bits per heavy atom. The number of amides is 1. The van der Waals surface area contributed by atoms with Gasteiger partial charge in [-0.25, -0.2) is 4.21 Å². The first-order valence-corrected chi connectivity index (χ1v) is 11.9. The largest absolute Gasteiger partial charge is 0.505 e. The third kappa shape index (κ3) is 5.09. The highest BCUT2D eigenvalue weighted by molar-refractivity contribution is 7.83. The van der Waals surface area contributed by atoms with Gasteiger partial charge in [-0.2, -0.15) is 0 Å². The highest BCUT2D eigenvalue weighted by Gasteiger charge is 2.28. The summed E-state index contributed by atoms with van der Waals surface area (Å²) in [6.45, 7) is 4.58. The highest BCUT2D eigenvalue weighted by atomic mass is 32.2. The molecule has 2 aromatic rings. The summed E-state index contributed by atoms with van der Waals surface area (Å²) >= 11 is -1.82. The van der Waals surface area contributed by atoms with E-state index in [1.165, 1.54) is 11.0 Å². The van der Waals surface area contributed by atoms with Gasteiger partial charge in [-0.15, -0.1) is 8.80 Å². The second-order valence-corrected chi connectivity index (χ2v) is 8.86. The minimum Gasteiger partial charge on any atom is -0.505 e. The number of carbonyl (C=O) groups excluding carboxylic acids is 1. The predicted octanol–water partition coefficient (Wildman–Crippen LogP) is 2.43. The van der Waals surface area contributed by atoms with Gasteiger partial charge >= 0.3 is 0 Å². The van der Waals surface area contributed by atoms with E-state index in [2.05, 4.69) is 19.4 Å². The molecule has 4 rings (SSSR count). The van der Waals surface area contributed by atoms with Gasteiger partial charge in [0.2, 0.25) is 0 Å². The predicted molar refractivity (Wildman–Crippen MR) is 125 cm³/mol. The summed E-state index contributed by atoms with van der Waals surface area (Å²) in [5, 5.41) is 26.8. The van der Waals surface area contributed by atoms with Gasteiger partial charge in [0.05, 0.1) is 23.4 Å². The van der Waals surface area contributed by atoms with Crippen molar-refractivity contribution < 1.29 is 23.6 Å². The number of aliphatic hydroxyl groups is 1. The van der Waals surface area contributed by atoms with Gasteiger partial charge in [-0.05, 0) is 50.5 Å². The van der Waals surface area contributed by atoms with E-state index in [4.69, 9.17) is 4.42 Å². The molecule has 1 amide bonds. The number of phenols is 1. The molecular weight excluding hydrogens is 446 g/mol. The number of para-hydroxylation sites is 1. The lowest BCUT2D eigenvalue weighted by atomic mass is 10.1. The number of hydrogen-bond donors (Lipinski definition) is 4. The molecule has 3 unspecified atom stereocenters. The van der Waals surface area contributed by atoms with Gasteiger partial charge < -0.3 is 30.2 Å². The smallest absolute Gasteiger partial charge is 0.269 e. The molecule has 1 aromatic heterocycles. The van der Waals surface area contributed by atoms with Crippen LogP contribution in [0.4, 0.5) is 5.69 Å². The van der Waals surface area contributed by atoms with Crippen molar-refractivity contribution in [3.05, 3.63) is 47.4 Å². The lowest BCUT2D eigenvalue weighted by Gasteiger charge is -2.30. The first kappa shape index (κ1) is 23.0. The summed E-state index contributed by atoms with van der Waals surface area (Å²) < 4.78 is 25.8. The van der Waals surface area contributed by atoms with Crippen LogP contribution in [0.3, 0.4) is 0 Å². The van der Waals surface area contributed by atoms with Crippen LogP contribution in [0.15, 0.2) is 43.5 Å². The number of piperidine rings is 1. The Balaban J connectivity index is 1.52. The summed E-state index contributed by atoms with van der Waals surface area (Å²) in [4.78, 5) is 14.4. The van der Waals surface area contributed by atoms with Gasteiger partial charge in [-0.1, -0.05) is 13.0 Å². The molecule has 3 heterocycles. The van der Waals surface area contributed by atoms with Gasteiger partial charge in [-0.3, -0.25) is 4.79 Å². The Morgan fingerprint density at radius 1 is 1.30 bits per heavy atom. The molecule has 0 aliphatic carbocycles. The van der Waals surface area contributed by atoms with Crippen LogP contribution in [0.25, 0.3) is 0 Å². The van der Waals surface area contributed by atoms with Crippen molar-refractivity contribution in [2.24, 2.45) is 8.80 Å². The maximum absolute atomic E-state index is 12.9. The molecule has 10 nitrogen and oxygen atoms in total. The fourth-order valence-electron chi connectivity index (χ4n) is 3.87. The van der Waals surface area contributed by atoms with Crippen molar-refractivity contribution in [1.82, 2.24) is 10.2 Å². The summed E-state index contributed by atoms with van der Waals surface area (Å²) in [5.41, 5.74) is 0.338. The summed E-state index contributed by atoms with van der Waals surface area (Å²) in [6.07, 6.45) is 1.47. The van der Waals surface area contributed by atoms with Crippen LogP contribution in [0.1, 0.15) is 54.1 Å². The molecule has 2 aliphatic rings. The van der Waals surface area contributed by atoms with E-state index in [0.29, 0.717) is 31.6 Å².